The molecular formula is C28H27ClN2O3. The molecule has 3 aromatic rings. The van der Waals surface area contributed by atoms with Crippen LogP contribution in [-0.2, 0) is 15.0 Å². The van der Waals surface area contributed by atoms with Crippen LogP contribution in [0, 0.1) is 13.8 Å². The van der Waals surface area contributed by atoms with E-state index in [-0.39, 0.29) is 16.7 Å². The quantitative estimate of drug-likeness (QED) is 0.275. The molecule has 0 radical (unpaired) electrons. The molecule has 1 aliphatic rings. The summed E-state index contributed by atoms with van der Waals surface area (Å²) in [6.07, 6.45) is 3.21. The zero-order valence-electron chi connectivity index (χ0n) is 19.9. The number of pyridine rings is 1. The first kappa shape index (κ1) is 23.7. The second-order valence-corrected chi connectivity index (χ2v) is 10.1. The second-order valence-electron chi connectivity index (χ2n) is 9.66. The lowest BCUT2D eigenvalue weighted by atomic mass is 9.84. The van der Waals surface area contributed by atoms with E-state index in [0.717, 1.165) is 16.7 Å². The van der Waals surface area contributed by atoms with Gasteiger partial charge in [0.25, 0.3) is 11.7 Å². The SMILES string of the molecule is Cc1ccc(C(C)(C)C)cc1/C(O)=C1\C(=O)C(=O)N(c2ccc(Cl)cc2C)C1c1ccncc1. The first-order chi connectivity index (χ1) is 16.0. The van der Waals surface area contributed by atoms with Gasteiger partial charge in [0, 0.05) is 28.7 Å². The Kier molecular flexibility index (Phi) is 6.09. The highest BCUT2D eigenvalue weighted by molar-refractivity contribution is 6.51. The molecule has 6 heteroatoms. The van der Waals surface area contributed by atoms with Gasteiger partial charge in [-0.3, -0.25) is 19.5 Å². The van der Waals surface area contributed by atoms with Crippen LogP contribution in [0.15, 0.2) is 66.5 Å². The average Bonchev–Trinajstić information content (AvgIpc) is 3.04. The zero-order valence-corrected chi connectivity index (χ0v) is 20.6. The molecule has 1 fully saturated rings. The molecule has 0 bridgehead atoms. The number of aliphatic hydroxyl groups is 1. The predicted octanol–water partition coefficient (Wildman–Crippen LogP) is 6.28. The molecule has 1 N–H and O–H groups in total. The lowest BCUT2D eigenvalue weighted by Crippen LogP contribution is -2.30. The van der Waals surface area contributed by atoms with Crippen molar-refractivity contribution in [2.24, 2.45) is 0 Å². The van der Waals surface area contributed by atoms with Crippen molar-refractivity contribution in [1.82, 2.24) is 4.98 Å². The van der Waals surface area contributed by atoms with Gasteiger partial charge in [-0.2, -0.15) is 0 Å². The van der Waals surface area contributed by atoms with Crippen molar-refractivity contribution < 1.29 is 14.7 Å². The summed E-state index contributed by atoms with van der Waals surface area (Å²) in [4.78, 5) is 32.3. The van der Waals surface area contributed by atoms with E-state index < -0.39 is 17.7 Å². The number of aromatic nitrogens is 1. The van der Waals surface area contributed by atoms with Gasteiger partial charge in [0.1, 0.15) is 5.76 Å². The predicted molar refractivity (Wildman–Crippen MR) is 135 cm³/mol. The highest BCUT2D eigenvalue weighted by Crippen LogP contribution is 2.44. The van der Waals surface area contributed by atoms with Crippen molar-refractivity contribution in [2.45, 2.75) is 46.1 Å². The number of nitrogens with zero attached hydrogens (tertiary/aromatic N) is 2. The van der Waals surface area contributed by atoms with Gasteiger partial charge in [-0.1, -0.05) is 44.5 Å². The molecule has 1 amide bonds. The summed E-state index contributed by atoms with van der Waals surface area (Å²) in [5.41, 5.74) is 4.26. The van der Waals surface area contributed by atoms with Gasteiger partial charge in [0.05, 0.1) is 11.6 Å². The van der Waals surface area contributed by atoms with Gasteiger partial charge in [-0.25, -0.2) is 0 Å². The molecule has 174 valence electrons. The van der Waals surface area contributed by atoms with Gasteiger partial charge in [0.2, 0.25) is 0 Å². The molecule has 2 aromatic carbocycles. The Morgan fingerprint density at radius 1 is 0.971 bits per heavy atom. The standard InChI is InChI=1S/C28H27ClN2O3/c1-16-6-7-19(28(3,4)5)15-21(16)25(32)23-24(18-10-12-30-13-11-18)31(27(34)26(23)33)22-9-8-20(29)14-17(22)2/h6-15,24,32H,1-5H3/b25-23+. The van der Waals surface area contributed by atoms with E-state index in [1.165, 1.54) is 4.90 Å². The minimum atomic E-state index is -0.805. The smallest absolute Gasteiger partial charge is 0.300 e. The first-order valence-electron chi connectivity index (χ1n) is 11.1. The fourth-order valence-electron chi connectivity index (χ4n) is 4.32. The van der Waals surface area contributed by atoms with Crippen molar-refractivity contribution in [3.8, 4) is 0 Å². The van der Waals surface area contributed by atoms with Crippen LogP contribution in [0.4, 0.5) is 5.69 Å². The Hall–Kier alpha value is -3.44. The van der Waals surface area contributed by atoms with Gasteiger partial charge in [-0.15, -0.1) is 0 Å². The normalized spacial score (nSPS) is 17.9. The highest BCUT2D eigenvalue weighted by Gasteiger charge is 2.47. The third-order valence-corrected chi connectivity index (χ3v) is 6.48. The largest absolute Gasteiger partial charge is 0.507 e. The molecule has 0 spiro atoms. The molecule has 5 nitrogen and oxygen atoms in total. The third-order valence-electron chi connectivity index (χ3n) is 6.24. The maximum absolute atomic E-state index is 13.4. The molecule has 34 heavy (non-hydrogen) atoms. The molecule has 4 rings (SSSR count). The minimum absolute atomic E-state index is 0.0553. The molecular weight excluding hydrogens is 448 g/mol. The molecule has 1 unspecified atom stereocenters. The van der Waals surface area contributed by atoms with Crippen molar-refractivity contribution in [2.75, 3.05) is 4.90 Å². The van der Waals surface area contributed by atoms with Crippen LogP contribution < -0.4 is 4.90 Å². The number of hydrogen-bond donors (Lipinski definition) is 1. The average molecular weight is 475 g/mol. The Bertz CT molecular complexity index is 1320. The van der Waals surface area contributed by atoms with Crippen molar-refractivity contribution in [3.63, 3.8) is 0 Å². The lowest BCUT2D eigenvalue weighted by Gasteiger charge is -2.27. The fraction of sp³-hybridized carbons (Fsp3) is 0.250. The van der Waals surface area contributed by atoms with Gasteiger partial charge in [-0.05, 0) is 77.9 Å². The topological polar surface area (TPSA) is 70.5 Å². The Morgan fingerprint density at radius 3 is 2.26 bits per heavy atom. The molecule has 0 aliphatic carbocycles. The fourth-order valence-corrected chi connectivity index (χ4v) is 4.55. The highest BCUT2D eigenvalue weighted by atomic mass is 35.5. The number of amides is 1. The number of anilines is 1. The van der Waals surface area contributed by atoms with Gasteiger partial charge in [0.15, 0.2) is 0 Å². The molecule has 1 saturated heterocycles. The van der Waals surface area contributed by atoms with E-state index in [0.29, 0.717) is 21.8 Å². The number of benzene rings is 2. The number of aryl methyl sites for hydroxylation is 2. The molecule has 2 heterocycles. The summed E-state index contributed by atoms with van der Waals surface area (Å²) in [5, 5.41) is 12.1. The number of carbonyl (C=O) groups excluding carboxylic acids is 2. The minimum Gasteiger partial charge on any atom is -0.507 e. The molecule has 1 aliphatic heterocycles. The van der Waals surface area contributed by atoms with Crippen LogP contribution in [0.1, 0.15) is 54.6 Å². The number of ketones is 1. The number of Topliss-reactive ketones (excluding diaryl/α,β-unsaturated/α-hetero) is 1. The summed E-state index contributed by atoms with van der Waals surface area (Å²) in [6, 6.07) is 13.7. The lowest BCUT2D eigenvalue weighted by molar-refractivity contribution is -0.132. The van der Waals surface area contributed by atoms with E-state index in [2.05, 4.69) is 25.8 Å². The Morgan fingerprint density at radius 2 is 1.65 bits per heavy atom. The van der Waals surface area contributed by atoms with Crippen LogP contribution in [0.2, 0.25) is 5.02 Å². The maximum Gasteiger partial charge on any atom is 0.300 e. The van der Waals surface area contributed by atoms with Gasteiger partial charge >= 0.3 is 0 Å². The van der Waals surface area contributed by atoms with Crippen LogP contribution in [-0.4, -0.2) is 21.8 Å². The number of carbonyl (C=O) groups is 2. The zero-order chi connectivity index (χ0) is 24.8. The number of aliphatic hydroxyl groups excluding tert-OH is 1. The van der Waals surface area contributed by atoms with E-state index in [1.807, 2.05) is 32.0 Å². The van der Waals surface area contributed by atoms with Crippen LogP contribution >= 0.6 is 11.6 Å². The monoisotopic (exact) mass is 474 g/mol. The second kappa shape index (κ2) is 8.73. The van der Waals surface area contributed by atoms with Crippen molar-refractivity contribution >= 4 is 34.7 Å². The van der Waals surface area contributed by atoms with E-state index in [4.69, 9.17) is 11.6 Å². The van der Waals surface area contributed by atoms with Crippen LogP contribution in [0.25, 0.3) is 5.76 Å². The van der Waals surface area contributed by atoms with Crippen molar-refractivity contribution in [3.05, 3.63) is 99.3 Å². The Balaban J connectivity index is 1.99. The number of rotatable bonds is 3. The summed E-state index contributed by atoms with van der Waals surface area (Å²) in [5.74, 6) is -1.61. The van der Waals surface area contributed by atoms with E-state index >= 15 is 0 Å². The summed E-state index contributed by atoms with van der Waals surface area (Å²) >= 11 is 6.14. The van der Waals surface area contributed by atoms with Crippen LogP contribution in [0.5, 0.6) is 0 Å². The van der Waals surface area contributed by atoms with Crippen molar-refractivity contribution in [1.29, 1.82) is 0 Å². The molecule has 1 atom stereocenters. The summed E-state index contributed by atoms with van der Waals surface area (Å²) in [6.45, 7) is 9.96. The van der Waals surface area contributed by atoms with Gasteiger partial charge < -0.3 is 5.11 Å². The van der Waals surface area contributed by atoms with E-state index in [9.17, 15) is 14.7 Å². The first-order valence-corrected chi connectivity index (χ1v) is 11.5. The Labute approximate surface area is 204 Å². The number of hydrogen-bond acceptors (Lipinski definition) is 4. The summed E-state index contributed by atoms with van der Waals surface area (Å²) < 4.78 is 0. The van der Waals surface area contributed by atoms with E-state index in [1.54, 1.807) is 42.7 Å². The number of halogens is 1. The van der Waals surface area contributed by atoms with Crippen LogP contribution in [0.3, 0.4) is 0 Å². The third kappa shape index (κ3) is 4.12. The maximum atomic E-state index is 13.4. The molecule has 0 saturated carbocycles. The molecule has 1 aromatic heterocycles. The summed E-state index contributed by atoms with van der Waals surface area (Å²) in [7, 11) is 0.